The maximum absolute atomic E-state index is 13.7. The highest BCUT2D eigenvalue weighted by Crippen LogP contribution is 2.21. The Kier molecular flexibility index (Phi) is 3.38. The van der Waals surface area contributed by atoms with Crippen molar-refractivity contribution in [3.63, 3.8) is 0 Å². The van der Waals surface area contributed by atoms with E-state index in [-0.39, 0.29) is 5.56 Å². The highest BCUT2D eigenvalue weighted by Gasteiger charge is 2.20. The predicted molar refractivity (Wildman–Crippen MR) is 69.3 cm³/mol. The first-order valence-electron chi connectivity index (χ1n) is 5.91. The summed E-state index contributed by atoms with van der Waals surface area (Å²) in [4.78, 5) is 11.8. The highest BCUT2D eigenvalue weighted by molar-refractivity contribution is 5.72. The minimum Gasteiger partial charge on any atom is -0.442 e. The lowest BCUT2D eigenvalue weighted by molar-refractivity contribution is 0.0511. The van der Waals surface area contributed by atoms with E-state index in [9.17, 15) is 9.18 Å². The molecule has 0 spiro atoms. The average Bonchev–Trinajstić information content (AvgIpc) is 2.70. The van der Waals surface area contributed by atoms with E-state index < -0.39 is 17.6 Å². The van der Waals surface area contributed by atoms with Gasteiger partial charge in [0.25, 0.3) is 0 Å². The van der Waals surface area contributed by atoms with Crippen LogP contribution in [0.15, 0.2) is 36.5 Å². The van der Waals surface area contributed by atoms with E-state index in [1.54, 1.807) is 45.0 Å². The lowest BCUT2D eigenvalue weighted by atomic mass is 10.1. The number of hydrogen-bond acceptors (Lipinski definition) is 3. The molecule has 0 amide bonds. The largest absolute Gasteiger partial charge is 0.442 e. The van der Waals surface area contributed by atoms with Crippen molar-refractivity contribution in [2.45, 2.75) is 26.4 Å². The zero-order valence-corrected chi connectivity index (χ0v) is 11.1. The van der Waals surface area contributed by atoms with Crippen LogP contribution in [0.5, 0.6) is 0 Å². The summed E-state index contributed by atoms with van der Waals surface area (Å²) in [6.45, 7) is 5.22. The van der Waals surface area contributed by atoms with Crippen LogP contribution >= 0.6 is 0 Å². The number of carbonyl (C=O) groups is 1. The molecular weight excluding hydrogens is 247 g/mol. The summed E-state index contributed by atoms with van der Waals surface area (Å²) >= 11 is 0. The van der Waals surface area contributed by atoms with Gasteiger partial charge in [0.15, 0.2) is 0 Å². The molecule has 4 nitrogen and oxygen atoms in total. The molecule has 1 aromatic carbocycles. The van der Waals surface area contributed by atoms with Crippen LogP contribution in [-0.2, 0) is 4.74 Å². The first-order valence-corrected chi connectivity index (χ1v) is 5.91. The summed E-state index contributed by atoms with van der Waals surface area (Å²) in [5.74, 6) is -0.697. The van der Waals surface area contributed by atoms with Crippen molar-refractivity contribution in [1.82, 2.24) is 9.78 Å². The number of ether oxygens (including phenoxy) is 1. The van der Waals surface area contributed by atoms with Crippen molar-refractivity contribution in [3.05, 3.63) is 42.5 Å². The van der Waals surface area contributed by atoms with E-state index in [0.717, 1.165) is 4.68 Å². The van der Waals surface area contributed by atoms with Gasteiger partial charge in [-0.25, -0.2) is 4.79 Å². The molecule has 2 aromatic rings. The van der Waals surface area contributed by atoms with Gasteiger partial charge >= 0.3 is 6.09 Å². The fourth-order valence-electron chi connectivity index (χ4n) is 1.57. The summed E-state index contributed by atoms with van der Waals surface area (Å²) in [5, 5.41) is 3.55. The van der Waals surface area contributed by atoms with Crippen molar-refractivity contribution < 1.29 is 13.9 Å². The molecule has 0 aliphatic heterocycles. The summed E-state index contributed by atoms with van der Waals surface area (Å²) in [6.07, 6.45) is 0.632. The third-order valence-electron chi connectivity index (χ3n) is 2.33. The van der Waals surface area contributed by atoms with Gasteiger partial charge in [-0.3, -0.25) is 0 Å². The Bertz CT molecular complexity index is 585. The number of carbonyl (C=O) groups excluding carboxylic acids is 1. The van der Waals surface area contributed by atoms with Crippen LogP contribution in [0, 0.1) is 5.95 Å². The SMILES string of the molecule is CC(C)(C)OC(=O)n1cc(-c2ccccc2)c(F)n1. The number of nitrogens with zero attached hydrogens (tertiary/aromatic N) is 2. The van der Waals surface area contributed by atoms with E-state index >= 15 is 0 Å². The molecule has 0 fully saturated rings. The van der Waals surface area contributed by atoms with Crippen LogP contribution in [0.25, 0.3) is 11.1 Å². The molecule has 0 atom stereocenters. The van der Waals surface area contributed by atoms with E-state index in [2.05, 4.69) is 5.10 Å². The number of halogens is 1. The zero-order valence-electron chi connectivity index (χ0n) is 11.1. The number of aromatic nitrogens is 2. The molecule has 0 N–H and O–H groups in total. The Hall–Kier alpha value is -2.17. The number of rotatable bonds is 1. The van der Waals surface area contributed by atoms with Crippen molar-refractivity contribution in [2.75, 3.05) is 0 Å². The Labute approximate surface area is 110 Å². The van der Waals surface area contributed by atoms with Crippen molar-refractivity contribution in [2.24, 2.45) is 0 Å². The fraction of sp³-hybridized carbons (Fsp3) is 0.286. The van der Waals surface area contributed by atoms with Crippen LogP contribution in [0.1, 0.15) is 20.8 Å². The van der Waals surface area contributed by atoms with Gasteiger partial charge < -0.3 is 4.74 Å². The van der Waals surface area contributed by atoms with Crippen LogP contribution in [0.4, 0.5) is 9.18 Å². The molecule has 0 radical (unpaired) electrons. The molecule has 2 rings (SSSR count). The van der Waals surface area contributed by atoms with Crippen LogP contribution in [-0.4, -0.2) is 21.5 Å². The minimum atomic E-state index is -0.700. The van der Waals surface area contributed by atoms with Crippen LogP contribution in [0.3, 0.4) is 0 Å². The molecule has 1 aromatic heterocycles. The van der Waals surface area contributed by atoms with E-state index in [1.165, 1.54) is 6.20 Å². The normalized spacial score (nSPS) is 11.4. The molecule has 0 aliphatic carbocycles. The van der Waals surface area contributed by atoms with Gasteiger partial charge in [-0.15, -0.1) is 5.10 Å². The summed E-state index contributed by atoms with van der Waals surface area (Å²) in [6, 6.07) is 8.91. The standard InChI is InChI=1S/C14H15FN2O2/c1-14(2,3)19-13(18)17-9-11(12(15)16-17)10-7-5-4-6-8-10/h4-9H,1-3H3. The third-order valence-corrected chi connectivity index (χ3v) is 2.33. The smallest absolute Gasteiger partial charge is 0.435 e. The van der Waals surface area contributed by atoms with Crippen molar-refractivity contribution >= 4 is 6.09 Å². The minimum absolute atomic E-state index is 0.270. The van der Waals surface area contributed by atoms with Gasteiger partial charge in [-0.1, -0.05) is 30.3 Å². The van der Waals surface area contributed by atoms with Crippen LogP contribution < -0.4 is 0 Å². The van der Waals surface area contributed by atoms with Gasteiger partial charge in [0.2, 0.25) is 5.95 Å². The van der Waals surface area contributed by atoms with E-state index in [1.807, 2.05) is 6.07 Å². The number of benzene rings is 1. The lowest BCUT2D eigenvalue weighted by Crippen LogP contribution is -2.27. The molecule has 0 bridgehead atoms. The molecule has 19 heavy (non-hydrogen) atoms. The molecule has 0 saturated heterocycles. The maximum Gasteiger partial charge on any atom is 0.435 e. The quantitative estimate of drug-likeness (QED) is 0.790. The van der Waals surface area contributed by atoms with Crippen LogP contribution in [0.2, 0.25) is 0 Å². The molecular formula is C14H15FN2O2. The summed E-state index contributed by atoms with van der Waals surface area (Å²) < 4.78 is 19.8. The van der Waals surface area contributed by atoms with Crippen molar-refractivity contribution in [3.8, 4) is 11.1 Å². The van der Waals surface area contributed by atoms with Gasteiger partial charge in [0.05, 0.1) is 5.56 Å². The molecule has 1 heterocycles. The van der Waals surface area contributed by atoms with Crippen molar-refractivity contribution in [1.29, 1.82) is 0 Å². The summed E-state index contributed by atoms with van der Waals surface area (Å²) in [7, 11) is 0. The maximum atomic E-state index is 13.7. The highest BCUT2D eigenvalue weighted by atomic mass is 19.1. The Morgan fingerprint density at radius 2 is 1.89 bits per heavy atom. The van der Waals surface area contributed by atoms with E-state index in [4.69, 9.17) is 4.74 Å². The molecule has 0 unspecified atom stereocenters. The van der Waals surface area contributed by atoms with Gasteiger partial charge in [-0.05, 0) is 26.3 Å². The average molecular weight is 262 g/mol. The monoisotopic (exact) mass is 262 g/mol. The summed E-state index contributed by atoms with van der Waals surface area (Å²) in [5.41, 5.74) is 0.285. The Balaban J connectivity index is 2.29. The molecule has 0 aliphatic rings. The van der Waals surface area contributed by atoms with Gasteiger partial charge in [0.1, 0.15) is 5.60 Å². The fourth-order valence-corrected chi connectivity index (χ4v) is 1.57. The second-order valence-electron chi connectivity index (χ2n) is 5.12. The second kappa shape index (κ2) is 4.84. The van der Waals surface area contributed by atoms with Gasteiger partial charge in [0, 0.05) is 6.20 Å². The first kappa shape index (κ1) is 13.3. The Morgan fingerprint density at radius 1 is 1.26 bits per heavy atom. The molecule has 5 heteroatoms. The third kappa shape index (κ3) is 3.19. The lowest BCUT2D eigenvalue weighted by Gasteiger charge is -2.18. The topological polar surface area (TPSA) is 44.1 Å². The Morgan fingerprint density at radius 3 is 2.47 bits per heavy atom. The zero-order chi connectivity index (χ0) is 14.0. The van der Waals surface area contributed by atoms with E-state index in [0.29, 0.717) is 5.56 Å². The molecule has 100 valence electrons. The molecule has 0 saturated carbocycles. The second-order valence-corrected chi connectivity index (χ2v) is 5.12. The predicted octanol–water partition coefficient (Wildman–Crippen LogP) is 3.47. The van der Waals surface area contributed by atoms with Gasteiger partial charge in [-0.2, -0.15) is 9.07 Å². The number of hydrogen-bond donors (Lipinski definition) is 0. The first-order chi connectivity index (χ1) is 8.87.